The molecule has 0 aromatic carbocycles. The van der Waals surface area contributed by atoms with Crippen LogP contribution < -0.4 is 4.72 Å². The van der Waals surface area contributed by atoms with E-state index >= 15 is 0 Å². The van der Waals surface area contributed by atoms with Crippen LogP contribution in [0.25, 0.3) is 10.4 Å². The van der Waals surface area contributed by atoms with Gasteiger partial charge in [0, 0.05) is 18.0 Å². The number of carbonyl (C=O) groups is 1. The van der Waals surface area contributed by atoms with Gasteiger partial charge in [-0.2, -0.15) is 0 Å². The Morgan fingerprint density at radius 2 is 2.25 bits per heavy atom. The number of carbonyl (C=O) groups excluding carboxylic acids is 1. The molecule has 0 heterocycles. The summed E-state index contributed by atoms with van der Waals surface area (Å²) in [6.07, 6.45) is 0.372. The van der Waals surface area contributed by atoms with Gasteiger partial charge in [0.15, 0.2) is 5.25 Å². The van der Waals surface area contributed by atoms with E-state index in [1.54, 1.807) is 0 Å². The van der Waals surface area contributed by atoms with Crippen molar-refractivity contribution in [2.24, 2.45) is 5.11 Å². The lowest BCUT2D eigenvalue weighted by Crippen LogP contribution is -2.38. The van der Waals surface area contributed by atoms with E-state index in [1.165, 1.54) is 6.92 Å². The summed E-state index contributed by atoms with van der Waals surface area (Å²) in [4.78, 5) is 13.5. The molecule has 0 aliphatic carbocycles. The van der Waals surface area contributed by atoms with Crippen LogP contribution in [-0.4, -0.2) is 39.8 Å². The van der Waals surface area contributed by atoms with Gasteiger partial charge in [0.05, 0.1) is 7.11 Å². The van der Waals surface area contributed by atoms with Gasteiger partial charge in [-0.3, -0.25) is 4.79 Å². The number of nitrogens with zero attached hydrogens (tertiary/aromatic N) is 3. The summed E-state index contributed by atoms with van der Waals surface area (Å²) in [6, 6.07) is 0. The number of esters is 1. The zero-order valence-electron chi connectivity index (χ0n) is 9.08. The summed E-state index contributed by atoms with van der Waals surface area (Å²) in [7, 11) is -2.60. The molecule has 0 saturated heterocycles. The van der Waals surface area contributed by atoms with Crippen LogP contribution in [0.15, 0.2) is 5.11 Å². The van der Waals surface area contributed by atoms with E-state index in [0.717, 1.165) is 7.11 Å². The van der Waals surface area contributed by atoms with E-state index in [1.807, 2.05) is 0 Å². The van der Waals surface area contributed by atoms with Gasteiger partial charge in [-0.05, 0) is 18.9 Å². The number of rotatable bonds is 7. The van der Waals surface area contributed by atoms with E-state index in [2.05, 4.69) is 19.5 Å². The zero-order chi connectivity index (χ0) is 12.6. The van der Waals surface area contributed by atoms with Gasteiger partial charge in [0.25, 0.3) is 0 Å². The monoisotopic (exact) mass is 250 g/mol. The van der Waals surface area contributed by atoms with Gasteiger partial charge in [-0.15, -0.1) is 0 Å². The minimum Gasteiger partial charge on any atom is -0.468 e. The number of hydrogen-bond donors (Lipinski definition) is 1. The minimum absolute atomic E-state index is 0.114. The average Bonchev–Trinajstić information content (AvgIpc) is 2.26. The van der Waals surface area contributed by atoms with Crippen LogP contribution in [0.2, 0.25) is 0 Å². The normalized spacial score (nSPS) is 12.6. The van der Waals surface area contributed by atoms with E-state index in [4.69, 9.17) is 5.53 Å². The Morgan fingerprint density at radius 1 is 1.62 bits per heavy atom. The van der Waals surface area contributed by atoms with Crippen molar-refractivity contribution in [2.45, 2.75) is 18.6 Å². The number of ether oxygens (including phenoxy) is 1. The van der Waals surface area contributed by atoms with E-state index in [9.17, 15) is 13.2 Å². The lowest BCUT2D eigenvalue weighted by molar-refractivity contribution is -0.139. The van der Waals surface area contributed by atoms with Crippen molar-refractivity contribution in [3.63, 3.8) is 0 Å². The summed E-state index contributed by atoms with van der Waals surface area (Å²) in [5.74, 6) is -0.817. The number of nitrogens with one attached hydrogen (secondary N) is 1. The van der Waals surface area contributed by atoms with Gasteiger partial charge in [-0.1, -0.05) is 5.11 Å². The largest absolute Gasteiger partial charge is 0.468 e. The smallest absolute Gasteiger partial charge is 0.325 e. The van der Waals surface area contributed by atoms with E-state index in [-0.39, 0.29) is 13.1 Å². The highest BCUT2D eigenvalue weighted by Crippen LogP contribution is 2.00. The highest BCUT2D eigenvalue weighted by atomic mass is 32.2. The summed E-state index contributed by atoms with van der Waals surface area (Å²) in [5.41, 5.74) is 7.98. The first-order chi connectivity index (χ1) is 7.45. The van der Waals surface area contributed by atoms with Crippen LogP contribution in [0.3, 0.4) is 0 Å². The van der Waals surface area contributed by atoms with Gasteiger partial charge < -0.3 is 4.74 Å². The Morgan fingerprint density at radius 3 is 2.75 bits per heavy atom. The van der Waals surface area contributed by atoms with Crippen molar-refractivity contribution in [2.75, 3.05) is 20.2 Å². The summed E-state index contributed by atoms with van der Waals surface area (Å²) in [5, 5.41) is 1.99. The van der Waals surface area contributed by atoms with Gasteiger partial charge in [0.1, 0.15) is 0 Å². The average molecular weight is 250 g/mol. The first-order valence-corrected chi connectivity index (χ1v) is 6.07. The van der Waals surface area contributed by atoms with E-state index < -0.39 is 21.2 Å². The molecule has 0 amide bonds. The molecule has 0 aliphatic rings. The van der Waals surface area contributed by atoms with Crippen LogP contribution >= 0.6 is 0 Å². The number of methoxy groups -OCH3 is 1. The maximum atomic E-state index is 11.4. The molecule has 16 heavy (non-hydrogen) atoms. The zero-order valence-corrected chi connectivity index (χ0v) is 9.90. The van der Waals surface area contributed by atoms with Crippen molar-refractivity contribution in [3.05, 3.63) is 10.4 Å². The molecule has 1 atom stereocenters. The maximum absolute atomic E-state index is 11.4. The molecule has 0 aromatic rings. The fourth-order valence-electron chi connectivity index (χ4n) is 0.827. The van der Waals surface area contributed by atoms with Crippen molar-refractivity contribution < 1.29 is 17.9 Å². The molecule has 0 aromatic heterocycles. The van der Waals surface area contributed by atoms with Crippen LogP contribution in [0.4, 0.5) is 0 Å². The molecule has 0 aliphatic heterocycles. The molecular weight excluding hydrogens is 236 g/mol. The highest BCUT2D eigenvalue weighted by Gasteiger charge is 2.27. The first kappa shape index (κ1) is 14.7. The van der Waals surface area contributed by atoms with Gasteiger partial charge in [-0.25, -0.2) is 13.1 Å². The molecule has 0 spiro atoms. The lowest BCUT2D eigenvalue weighted by atomic mass is 10.4. The third kappa shape index (κ3) is 4.96. The maximum Gasteiger partial charge on any atom is 0.325 e. The van der Waals surface area contributed by atoms with Crippen molar-refractivity contribution in [3.8, 4) is 0 Å². The summed E-state index contributed by atoms with van der Waals surface area (Å²) in [6.45, 7) is 1.55. The Bertz CT molecular complexity index is 374. The number of sulfonamides is 1. The molecular formula is C7H14N4O4S. The fraction of sp³-hybridized carbons (Fsp3) is 0.857. The molecule has 8 nitrogen and oxygen atoms in total. The van der Waals surface area contributed by atoms with Crippen LogP contribution in [0, 0.1) is 0 Å². The minimum atomic E-state index is -3.72. The molecule has 1 unspecified atom stereocenters. The number of hydrogen-bond acceptors (Lipinski definition) is 5. The predicted octanol–water partition coefficient (Wildman–Crippen LogP) is 0.168. The Kier molecular flexibility index (Phi) is 6.47. The second-order valence-electron chi connectivity index (χ2n) is 2.91. The Hall–Kier alpha value is -1.31. The summed E-state index contributed by atoms with van der Waals surface area (Å²) < 4.78 is 29.4. The molecule has 9 heteroatoms. The number of azide groups is 1. The van der Waals surface area contributed by atoms with Gasteiger partial charge >= 0.3 is 5.97 Å². The standard InChI is InChI=1S/C7H14N4O4S/c1-6(7(12)15-2)16(13,14)10-5-3-4-9-11-8/h6,10H,3-5H2,1-2H3. The third-order valence-electron chi connectivity index (χ3n) is 1.80. The molecule has 92 valence electrons. The fourth-order valence-corrected chi connectivity index (χ4v) is 1.86. The molecule has 0 bridgehead atoms. The van der Waals surface area contributed by atoms with Crippen molar-refractivity contribution >= 4 is 16.0 Å². The Labute approximate surface area is 93.6 Å². The molecule has 1 N–H and O–H groups in total. The molecule has 0 fully saturated rings. The van der Waals surface area contributed by atoms with Gasteiger partial charge in [0.2, 0.25) is 10.0 Å². The SMILES string of the molecule is COC(=O)C(C)S(=O)(=O)NCCCN=[N+]=[N-]. The predicted molar refractivity (Wildman–Crippen MR) is 57.0 cm³/mol. The van der Waals surface area contributed by atoms with E-state index in [0.29, 0.717) is 6.42 Å². The second-order valence-corrected chi connectivity index (χ2v) is 5.00. The molecule has 0 rings (SSSR count). The molecule has 0 radical (unpaired) electrons. The van der Waals surface area contributed by atoms with Crippen LogP contribution in [-0.2, 0) is 19.6 Å². The highest BCUT2D eigenvalue weighted by molar-refractivity contribution is 7.90. The topological polar surface area (TPSA) is 121 Å². The lowest BCUT2D eigenvalue weighted by Gasteiger charge is -2.11. The van der Waals surface area contributed by atoms with Crippen molar-refractivity contribution in [1.82, 2.24) is 4.72 Å². The van der Waals surface area contributed by atoms with Crippen LogP contribution in [0.1, 0.15) is 13.3 Å². The van der Waals surface area contributed by atoms with Crippen LogP contribution in [0.5, 0.6) is 0 Å². The summed E-state index contributed by atoms with van der Waals surface area (Å²) >= 11 is 0. The quantitative estimate of drug-likeness (QED) is 0.227. The first-order valence-electron chi connectivity index (χ1n) is 4.53. The van der Waals surface area contributed by atoms with Crippen molar-refractivity contribution in [1.29, 1.82) is 0 Å². The third-order valence-corrected chi connectivity index (χ3v) is 3.53. The Balaban J connectivity index is 4.15. The molecule has 0 saturated carbocycles. The second kappa shape index (κ2) is 7.04.